The predicted octanol–water partition coefficient (Wildman–Crippen LogP) is 4.60. The SMILES string of the molecule is COc1ccc(CCn2c(=O)[nH]c3cc(NC(=NC4CC5CC(C4C)C5(C)C)N4CC(C)NC(C)C4)ccc3c2=O)c(F)c1. The molecule has 4 fully saturated rings. The average Bonchev–Trinajstić information content (AvgIpc) is 2.97. The minimum Gasteiger partial charge on any atom is -0.497 e. The van der Waals surface area contributed by atoms with E-state index in [1.165, 1.54) is 19.6 Å². The van der Waals surface area contributed by atoms with Crippen molar-refractivity contribution in [3.8, 4) is 5.75 Å². The fourth-order valence-corrected chi connectivity index (χ4v) is 7.90. The van der Waals surface area contributed by atoms with E-state index in [1.807, 2.05) is 6.07 Å². The molecule has 3 aromatic rings. The highest BCUT2D eigenvalue weighted by Gasteiger charge is 2.56. The van der Waals surface area contributed by atoms with E-state index in [-0.39, 0.29) is 19.0 Å². The maximum absolute atomic E-state index is 14.5. The van der Waals surface area contributed by atoms with Crippen molar-refractivity contribution in [2.75, 3.05) is 25.5 Å². The zero-order valence-corrected chi connectivity index (χ0v) is 26.6. The van der Waals surface area contributed by atoms with Crippen molar-refractivity contribution in [2.45, 2.75) is 78.6 Å². The van der Waals surface area contributed by atoms with Crippen LogP contribution < -0.4 is 26.6 Å². The van der Waals surface area contributed by atoms with Crippen LogP contribution in [0.4, 0.5) is 10.1 Å². The van der Waals surface area contributed by atoms with Gasteiger partial charge in [0.2, 0.25) is 0 Å². The summed E-state index contributed by atoms with van der Waals surface area (Å²) in [5.41, 5.74) is 1.08. The molecule has 4 aliphatic rings. The van der Waals surface area contributed by atoms with Gasteiger partial charge in [0, 0.05) is 43.5 Å². The molecule has 6 atom stereocenters. The molecule has 0 spiro atoms. The highest BCUT2D eigenvalue weighted by molar-refractivity contribution is 5.96. The zero-order chi connectivity index (χ0) is 31.3. The number of rotatable bonds is 6. The number of fused-ring (bicyclic) bond motifs is 3. The van der Waals surface area contributed by atoms with Crippen LogP contribution in [0.25, 0.3) is 10.9 Å². The van der Waals surface area contributed by atoms with Crippen LogP contribution in [0.2, 0.25) is 0 Å². The molecule has 0 amide bonds. The van der Waals surface area contributed by atoms with Crippen LogP contribution in [-0.4, -0.2) is 58.7 Å². The maximum atomic E-state index is 14.5. The van der Waals surface area contributed by atoms with E-state index in [1.54, 1.807) is 24.3 Å². The van der Waals surface area contributed by atoms with E-state index in [9.17, 15) is 14.0 Å². The molecule has 236 valence electrons. The molecule has 2 heterocycles. The number of aromatic nitrogens is 2. The number of nitrogens with one attached hydrogen (secondary N) is 3. The molecule has 3 saturated carbocycles. The van der Waals surface area contributed by atoms with Gasteiger partial charge in [-0.2, -0.15) is 0 Å². The third kappa shape index (κ3) is 5.64. The minimum atomic E-state index is -0.523. The lowest BCUT2D eigenvalue weighted by atomic mass is 9.45. The number of ether oxygens (including phenoxy) is 1. The first-order valence-corrected chi connectivity index (χ1v) is 15.9. The van der Waals surface area contributed by atoms with Crippen molar-refractivity contribution in [1.82, 2.24) is 19.8 Å². The number of benzene rings is 2. The number of H-pyrrole nitrogens is 1. The van der Waals surface area contributed by atoms with E-state index in [4.69, 9.17) is 9.73 Å². The number of hydrogen-bond donors (Lipinski definition) is 3. The molecule has 0 radical (unpaired) electrons. The fraction of sp³-hybridized carbons (Fsp3) is 0.559. The molecule has 1 saturated heterocycles. The van der Waals surface area contributed by atoms with Crippen molar-refractivity contribution in [3.05, 3.63) is 68.6 Å². The van der Waals surface area contributed by atoms with Crippen LogP contribution >= 0.6 is 0 Å². The molecule has 1 aliphatic heterocycles. The Hall–Kier alpha value is -3.66. The van der Waals surface area contributed by atoms with Crippen LogP contribution in [-0.2, 0) is 13.0 Å². The van der Waals surface area contributed by atoms with E-state index < -0.39 is 17.1 Å². The van der Waals surface area contributed by atoms with Crippen LogP contribution in [0.3, 0.4) is 0 Å². The number of hydrogen-bond acceptors (Lipinski definition) is 5. The first kappa shape index (κ1) is 30.4. The van der Waals surface area contributed by atoms with Gasteiger partial charge in [-0.1, -0.05) is 26.8 Å². The Kier molecular flexibility index (Phi) is 8.07. The number of anilines is 1. The van der Waals surface area contributed by atoms with Gasteiger partial charge in [-0.25, -0.2) is 14.2 Å². The largest absolute Gasteiger partial charge is 0.497 e. The first-order chi connectivity index (χ1) is 20.9. The summed E-state index contributed by atoms with van der Waals surface area (Å²) in [7, 11) is 1.48. The molecular formula is C34H45FN6O3. The summed E-state index contributed by atoms with van der Waals surface area (Å²) in [6.45, 7) is 13.3. The summed E-state index contributed by atoms with van der Waals surface area (Å²) in [4.78, 5) is 37.0. The number of aliphatic imine (C=N–C) groups is 1. The molecule has 9 nitrogen and oxygen atoms in total. The number of halogens is 1. The van der Waals surface area contributed by atoms with Gasteiger partial charge in [0.05, 0.1) is 24.1 Å². The highest BCUT2D eigenvalue weighted by Crippen LogP contribution is 2.61. The second-order valence-corrected chi connectivity index (χ2v) is 13.8. The maximum Gasteiger partial charge on any atom is 0.328 e. The van der Waals surface area contributed by atoms with Gasteiger partial charge in [-0.05, 0) is 86.1 Å². The minimum absolute atomic E-state index is 0.0574. The summed E-state index contributed by atoms with van der Waals surface area (Å²) in [6.07, 6.45) is 2.59. The van der Waals surface area contributed by atoms with Crippen molar-refractivity contribution in [1.29, 1.82) is 0 Å². The summed E-state index contributed by atoms with van der Waals surface area (Å²) in [6, 6.07) is 10.9. The Morgan fingerprint density at radius 2 is 1.84 bits per heavy atom. The van der Waals surface area contributed by atoms with E-state index in [0.717, 1.165) is 35.7 Å². The molecule has 2 aromatic carbocycles. The smallest absolute Gasteiger partial charge is 0.328 e. The van der Waals surface area contributed by atoms with E-state index >= 15 is 0 Å². The van der Waals surface area contributed by atoms with Crippen LogP contribution in [0, 0.1) is 29.0 Å². The Bertz CT molecular complexity index is 1690. The van der Waals surface area contributed by atoms with Gasteiger partial charge >= 0.3 is 5.69 Å². The number of aromatic amines is 1. The first-order valence-electron chi connectivity index (χ1n) is 15.9. The molecular weight excluding hydrogens is 559 g/mol. The second-order valence-electron chi connectivity index (χ2n) is 13.8. The van der Waals surface area contributed by atoms with Crippen molar-refractivity contribution in [3.63, 3.8) is 0 Å². The monoisotopic (exact) mass is 604 g/mol. The van der Waals surface area contributed by atoms with Crippen LogP contribution in [0.15, 0.2) is 51.0 Å². The third-order valence-electron chi connectivity index (χ3n) is 10.6. The van der Waals surface area contributed by atoms with Gasteiger partial charge in [0.25, 0.3) is 5.56 Å². The lowest BCUT2D eigenvalue weighted by Crippen LogP contribution is -2.59. The standard InChI is InChI=1S/C34H45FN6O3/c1-19-17-40(18-20(2)36-19)32(38-29-14-23-13-27(21(29)3)34(23,4)5)37-24-8-10-26-30(15-24)39-33(43)41(31(26)42)12-11-22-7-9-25(44-6)16-28(22)35/h7-10,15-16,19-21,23,27,29,36H,11-14,17-18H2,1-6H3,(H,37,38)(H,39,43). The molecule has 2 bridgehead atoms. The Balaban J connectivity index is 1.27. The number of guanidine groups is 1. The number of aryl methyl sites for hydroxylation is 1. The normalized spacial score (nSPS) is 28.1. The molecule has 6 unspecified atom stereocenters. The Morgan fingerprint density at radius 1 is 1.09 bits per heavy atom. The summed E-state index contributed by atoms with van der Waals surface area (Å²) >= 11 is 0. The number of nitrogens with zero attached hydrogens (tertiary/aromatic N) is 3. The molecule has 3 N–H and O–H groups in total. The molecule has 10 heteroatoms. The fourth-order valence-electron chi connectivity index (χ4n) is 7.90. The van der Waals surface area contributed by atoms with Crippen molar-refractivity contribution in [2.24, 2.45) is 28.2 Å². The predicted molar refractivity (Wildman–Crippen MR) is 173 cm³/mol. The van der Waals surface area contributed by atoms with Crippen molar-refractivity contribution >= 4 is 22.5 Å². The van der Waals surface area contributed by atoms with Crippen LogP contribution in [0.1, 0.15) is 53.0 Å². The lowest BCUT2D eigenvalue weighted by Gasteiger charge is -2.61. The number of methoxy groups -OCH3 is 1. The van der Waals surface area contributed by atoms with E-state index in [2.05, 4.69) is 55.1 Å². The van der Waals surface area contributed by atoms with Crippen molar-refractivity contribution < 1.29 is 9.13 Å². The molecule has 44 heavy (non-hydrogen) atoms. The summed E-state index contributed by atoms with van der Waals surface area (Å²) in [5.74, 6) is 2.72. The topological polar surface area (TPSA) is 104 Å². The van der Waals surface area contributed by atoms with Gasteiger partial charge in [0.1, 0.15) is 11.6 Å². The van der Waals surface area contributed by atoms with E-state index in [0.29, 0.717) is 57.5 Å². The van der Waals surface area contributed by atoms with Crippen LogP contribution in [0.5, 0.6) is 5.75 Å². The van der Waals surface area contributed by atoms with Gasteiger partial charge in [0.15, 0.2) is 5.96 Å². The van der Waals surface area contributed by atoms with Gasteiger partial charge in [-0.15, -0.1) is 0 Å². The Morgan fingerprint density at radius 3 is 2.50 bits per heavy atom. The summed E-state index contributed by atoms with van der Waals surface area (Å²) < 4.78 is 20.7. The number of piperazine rings is 1. The average molecular weight is 605 g/mol. The highest BCUT2D eigenvalue weighted by atomic mass is 19.1. The summed E-state index contributed by atoms with van der Waals surface area (Å²) in [5, 5.41) is 7.59. The quantitative estimate of drug-likeness (QED) is 0.281. The van der Waals surface area contributed by atoms with Gasteiger partial charge in [-0.3, -0.25) is 9.36 Å². The Labute approximate surface area is 257 Å². The zero-order valence-electron chi connectivity index (χ0n) is 26.6. The second kappa shape index (κ2) is 11.7. The lowest BCUT2D eigenvalue weighted by molar-refractivity contribution is -0.108. The molecule has 3 aliphatic carbocycles. The molecule has 1 aromatic heterocycles. The van der Waals surface area contributed by atoms with Gasteiger partial charge < -0.3 is 25.3 Å². The third-order valence-corrected chi connectivity index (χ3v) is 10.6. The molecule has 7 rings (SSSR count).